The first-order valence-electron chi connectivity index (χ1n) is 20.4. The van der Waals surface area contributed by atoms with E-state index in [1.807, 2.05) is 159 Å². The van der Waals surface area contributed by atoms with Crippen molar-refractivity contribution in [1.29, 1.82) is 0 Å². The van der Waals surface area contributed by atoms with E-state index in [4.69, 9.17) is 0 Å². The van der Waals surface area contributed by atoms with Crippen molar-refractivity contribution in [2.45, 2.75) is 13.1 Å². The molecule has 9 aromatic rings. The number of ketones is 1. The van der Waals surface area contributed by atoms with Gasteiger partial charge >= 0.3 is 6.18 Å². The van der Waals surface area contributed by atoms with Gasteiger partial charge in [-0.05, 0) is 41.2 Å². The molecule has 0 radical (unpaired) electrons. The molecule has 0 aliphatic carbocycles. The number of carbonyl (C=O) groups is 1. The molecule has 0 bridgehead atoms. The van der Waals surface area contributed by atoms with Gasteiger partial charge in [-0.1, -0.05) is 207 Å². The first kappa shape index (κ1) is 49.4. The van der Waals surface area contributed by atoms with E-state index in [1.165, 1.54) is 18.2 Å². The van der Waals surface area contributed by atoms with Gasteiger partial charge in [-0.25, -0.2) is 0 Å². The monoisotopic (exact) mass is 1060 g/mol. The van der Waals surface area contributed by atoms with E-state index in [0.717, 1.165) is 36.4 Å². The van der Waals surface area contributed by atoms with Crippen molar-refractivity contribution in [2.75, 3.05) is 0 Å². The second-order valence-corrected chi connectivity index (χ2v) is 20.6. The molecular weight excluding hydrogens is 1020 g/mol. The second kappa shape index (κ2) is 21.5. The van der Waals surface area contributed by atoms with Crippen LogP contribution < -0.4 is 32.1 Å². The first-order chi connectivity index (χ1) is 31.3. The van der Waals surface area contributed by atoms with Crippen molar-refractivity contribution in [2.24, 2.45) is 0 Å². The summed E-state index contributed by atoms with van der Waals surface area (Å²) >= 11 is 0. The van der Waals surface area contributed by atoms with Crippen molar-refractivity contribution in [3.63, 3.8) is 0 Å². The number of aromatic hydroxyl groups is 1. The van der Waals surface area contributed by atoms with Gasteiger partial charge in [0.25, 0.3) is 11.3 Å². The van der Waals surface area contributed by atoms with E-state index in [2.05, 4.69) is 6.58 Å². The number of benzene rings is 8. The number of fused-ring (bicyclic) bond motifs is 3. The van der Waals surface area contributed by atoms with Crippen molar-refractivity contribution in [1.82, 2.24) is 4.57 Å². The topological polar surface area (TPSA) is 93.4 Å². The Labute approximate surface area is 412 Å². The number of hydrogen-bond donors (Lipinski definition) is 1. The van der Waals surface area contributed by atoms with Crippen LogP contribution in [0.25, 0.3) is 27.4 Å². The number of carbonyl (C=O) groups excluding carboxylic acids is 1. The molecule has 1 heterocycles. The smallest absolute Gasteiger partial charge is 0.455 e. The van der Waals surface area contributed by atoms with E-state index in [0.29, 0.717) is 10.8 Å². The zero-order valence-electron chi connectivity index (χ0n) is 35.4. The largest absolute Gasteiger partial charge is 0.506 e. The number of aromatic nitrogens is 1. The molecular formula is C54H42F3GdNO5P2. The Morgan fingerprint density at radius 2 is 0.909 bits per heavy atom. The minimum atomic E-state index is -5.30. The van der Waals surface area contributed by atoms with Crippen LogP contribution in [0.1, 0.15) is 17.3 Å². The normalized spacial score (nSPS) is 11.3. The molecule has 0 aliphatic rings. The Hall–Kier alpha value is -5.99. The van der Waals surface area contributed by atoms with Crippen LogP contribution >= 0.6 is 14.3 Å². The average Bonchev–Trinajstić information content (AvgIpc) is 3.35. The van der Waals surface area contributed by atoms with Crippen molar-refractivity contribution < 1.29 is 72.1 Å². The molecule has 0 amide bonds. The van der Waals surface area contributed by atoms with Crippen LogP contribution in [0.15, 0.2) is 235 Å². The summed E-state index contributed by atoms with van der Waals surface area (Å²) in [5.41, 5.74) is -2.04. The molecule has 0 atom stereocenters. The quantitative estimate of drug-likeness (QED) is 0.0930. The molecule has 9 rings (SSSR count). The Kier molecular flexibility index (Phi) is 16.1. The van der Waals surface area contributed by atoms with Gasteiger partial charge in [0.05, 0.1) is 5.52 Å². The summed E-state index contributed by atoms with van der Waals surface area (Å²) in [6.45, 7) is 5.75. The number of hydrogen-bond acceptors (Lipinski definition) is 5. The number of alkyl halides is 3. The maximum Gasteiger partial charge on any atom is 0.455 e. The number of pyridine rings is 1. The molecule has 1 aromatic heterocycles. The molecule has 6 nitrogen and oxygen atoms in total. The van der Waals surface area contributed by atoms with Crippen LogP contribution in [0, 0.1) is 39.9 Å². The van der Waals surface area contributed by atoms with Crippen molar-refractivity contribution in [3.8, 4) is 11.4 Å². The summed E-state index contributed by atoms with van der Waals surface area (Å²) < 4.78 is 67.5. The van der Waals surface area contributed by atoms with Crippen LogP contribution in [-0.4, -0.2) is 21.6 Å². The Morgan fingerprint density at radius 1 is 0.545 bits per heavy atom. The first-order valence-corrected chi connectivity index (χ1v) is 23.8. The van der Waals surface area contributed by atoms with Gasteiger partial charge in [0.2, 0.25) is 0 Å². The molecule has 12 heteroatoms. The summed E-state index contributed by atoms with van der Waals surface area (Å²) in [7, 11) is -5.47. The summed E-state index contributed by atoms with van der Waals surface area (Å²) in [6, 6.07) is 66.2. The molecule has 332 valence electrons. The van der Waals surface area contributed by atoms with Gasteiger partial charge in [-0.15, -0.1) is 0 Å². The Morgan fingerprint density at radius 3 is 1.30 bits per heavy atom. The third-order valence-electron chi connectivity index (χ3n) is 10.7. The van der Waals surface area contributed by atoms with Gasteiger partial charge in [0.1, 0.15) is 11.3 Å². The third kappa shape index (κ3) is 10.2. The summed E-state index contributed by atoms with van der Waals surface area (Å²) in [5, 5.41) is 16.7. The molecule has 8 aromatic carbocycles. The standard InChI is InChI=1S/C21H12F3NO3.C18H15OP.C15H15OP.Gd/c22-21(23,24)19(27)17-18(26)16-14-9-5-4-6-12(14)10-11-15(16)25(20(17)28)13-7-2-1-3-8-13;19-20(16-10-4-1-5-11-16,17-12-6-2-7-13-17)18-14-8-3-9-15-18;1-13(2)17(16,14-9-5-3-6-10-14)15-11-7-4-8-12-15;/h1-11,26H;1-15H;3-12H,1H2,2H3;. The van der Waals surface area contributed by atoms with Crippen LogP contribution in [0.2, 0.25) is 0 Å². The molecule has 0 fully saturated rings. The Balaban J connectivity index is 0.000000169. The molecule has 0 unspecified atom stereocenters. The van der Waals surface area contributed by atoms with E-state index < -0.39 is 43.1 Å². The molecule has 66 heavy (non-hydrogen) atoms. The van der Waals surface area contributed by atoms with Crippen molar-refractivity contribution in [3.05, 3.63) is 246 Å². The fourth-order valence-corrected chi connectivity index (χ4v) is 12.6. The van der Waals surface area contributed by atoms with Crippen LogP contribution in [0.3, 0.4) is 0 Å². The number of Topliss-reactive ketones (excluding diaryl/α,β-unsaturated/α-hetero) is 1. The summed E-state index contributed by atoms with van der Waals surface area (Å²) in [6.07, 6.45) is -5.30. The molecule has 0 aliphatic heterocycles. The number of rotatable bonds is 8. The predicted molar refractivity (Wildman–Crippen MR) is 260 cm³/mol. The van der Waals surface area contributed by atoms with E-state index in [1.54, 1.807) is 48.5 Å². The molecule has 1 N–H and O–H groups in total. The van der Waals surface area contributed by atoms with E-state index in [9.17, 15) is 37.0 Å². The fourth-order valence-electron chi connectivity index (χ4n) is 7.55. The van der Waals surface area contributed by atoms with Crippen molar-refractivity contribution >= 4 is 68.3 Å². The average molecular weight is 1060 g/mol. The van der Waals surface area contributed by atoms with Gasteiger partial charge < -0.3 is 14.2 Å². The Bertz CT molecular complexity index is 3120. The minimum absolute atomic E-state index is 0. The predicted octanol–water partition coefficient (Wildman–Crippen LogP) is 11.5. The van der Waals surface area contributed by atoms with Crippen LogP contribution in [-0.2, 0) is 9.13 Å². The van der Waals surface area contributed by atoms with E-state index in [-0.39, 0.29) is 56.5 Å². The van der Waals surface area contributed by atoms with Crippen LogP contribution in [0.4, 0.5) is 13.2 Å². The zero-order valence-corrected chi connectivity index (χ0v) is 39.5. The van der Waals surface area contributed by atoms with Gasteiger partial charge in [-0.2, -0.15) is 13.2 Å². The third-order valence-corrected chi connectivity index (χ3v) is 16.9. The minimum Gasteiger partial charge on any atom is -0.506 e. The summed E-state index contributed by atoms with van der Waals surface area (Å²) in [5.74, 6) is -3.35. The fraction of sp³-hybridized carbons (Fsp3) is 0.0370. The maximum absolute atomic E-state index is 13.8. The van der Waals surface area contributed by atoms with Gasteiger partial charge in [0.15, 0.2) is 14.3 Å². The van der Waals surface area contributed by atoms with E-state index >= 15 is 0 Å². The maximum atomic E-state index is 13.8. The molecule has 0 saturated carbocycles. The molecule has 0 spiro atoms. The van der Waals surface area contributed by atoms with Crippen LogP contribution in [0.5, 0.6) is 5.75 Å². The summed E-state index contributed by atoms with van der Waals surface area (Å²) in [4.78, 5) is 24.9. The number of allylic oxidation sites excluding steroid dienone is 1. The SMILES string of the molecule is C=C(C)P(=O)(c1ccccc1)c1ccccc1.O=C(c1c(O)c2c3ccccc3ccc2n(-c2ccccc2)c1=O)C(F)(F)F.O=P(c1ccccc1)(c1ccccc1)c1ccccc1.[Gd]. The number of nitrogens with zero attached hydrogens (tertiary/aromatic N) is 1. The zero-order chi connectivity index (χ0) is 46.2. The number of halogens is 3. The molecule has 0 saturated heterocycles. The van der Waals surface area contributed by atoms with Gasteiger partial charge in [0, 0.05) is 77.5 Å². The van der Waals surface area contributed by atoms with Gasteiger partial charge in [-0.3, -0.25) is 14.2 Å². The second-order valence-electron chi connectivity index (χ2n) is 14.8. The number of para-hydroxylation sites is 1.